The number of anilines is 1. The quantitative estimate of drug-likeness (QED) is 0.751. The van der Waals surface area contributed by atoms with Crippen molar-refractivity contribution in [3.05, 3.63) is 28.8 Å². The molecule has 1 unspecified atom stereocenters. The molecule has 0 fully saturated rings. The zero-order chi connectivity index (χ0) is 16.7. The van der Waals surface area contributed by atoms with Gasteiger partial charge in [0, 0.05) is 29.7 Å². The molecule has 0 bridgehead atoms. The van der Waals surface area contributed by atoms with E-state index in [4.69, 9.17) is 11.6 Å². The van der Waals surface area contributed by atoms with Crippen LogP contribution < -0.4 is 16.0 Å². The highest BCUT2D eigenvalue weighted by molar-refractivity contribution is 6.31. The van der Waals surface area contributed by atoms with Gasteiger partial charge in [-0.3, -0.25) is 4.79 Å². The van der Waals surface area contributed by atoms with Crippen molar-refractivity contribution in [1.29, 1.82) is 0 Å². The van der Waals surface area contributed by atoms with Crippen molar-refractivity contribution in [3.8, 4) is 0 Å². The Morgan fingerprint density at radius 2 is 1.91 bits per heavy atom. The molecule has 1 atom stereocenters. The van der Waals surface area contributed by atoms with Gasteiger partial charge in [0.05, 0.1) is 0 Å². The lowest BCUT2D eigenvalue weighted by atomic mass is 10.1. The standard InChI is InChI=1S/C16H24ClN3O2/c1-10(2)12(4)19-16(22)18-9-8-15(21)20-14-7-5-6-13(17)11(14)3/h5-7,10,12H,8-9H2,1-4H3,(H,20,21)(H2,18,19,22). The summed E-state index contributed by atoms with van der Waals surface area (Å²) in [7, 11) is 0. The number of carbonyl (C=O) groups is 2. The molecular weight excluding hydrogens is 302 g/mol. The lowest BCUT2D eigenvalue weighted by molar-refractivity contribution is -0.116. The lowest BCUT2D eigenvalue weighted by Crippen LogP contribution is -2.43. The van der Waals surface area contributed by atoms with Crippen molar-refractivity contribution in [2.45, 2.75) is 40.2 Å². The molecule has 3 amide bonds. The molecule has 5 nitrogen and oxygen atoms in total. The monoisotopic (exact) mass is 325 g/mol. The molecule has 1 rings (SSSR count). The van der Waals surface area contributed by atoms with Crippen LogP contribution in [-0.2, 0) is 4.79 Å². The van der Waals surface area contributed by atoms with Crippen LogP contribution in [0.1, 0.15) is 32.8 Å². The maximum Gasteiger partial charge on any atom is 0.315 e. The van der Waals surface area contributed by atoms with Gasteiger partial charge in [-0.1, -0.05) is 31.5 Å². The summed E-state index contributed by atoms with van der Waals surface area (Å²) in [5.41, 5.74) is 1.52. The second-order valence-electron chi connectivity index (χ2n) is 5.64. The largest absolute Gasteiger partial charge is 0.338 e. The van der Waals surface area contributed by atoms with Crippen LogP contribution in [0.3, 0.4) is 0 Å². The number of benzene rings is 1. The normalized spacial score (nSPS) is 11.9. The van der Waals surface area contributed by atoms with Crippen LogP contribution in [0.15, 0.2) is 18.2 Å². The Kier molecular flexibility index (Phi) is 7.18. The Hall–Kier alpha value is -1.75. The van der Waals surface area contributed by atoms with Crippen LogP contribution in [0.25, 0.3) is 0 Å². The van der Waals surface area contributed by atoms with E-state index in [9.17, 15) is 9.59 Å². The Balaban J connectivity index is 2.35. The minimum absolute atomic E-state index is 0.0861. The number of amides is 3. The van der Waals surface area contributed by atoms with Crippen molar-refractivity contribution >= 4 is 29.2 Å². The predicted molar refractivity (Wildman–Crippen MR) is 90.3 cm³/mol. The van der Waals surface area contributed by atoms with Crippen molar-refractivity contribution in [2.24, 2.45) is 5.92 Å². The molecule has 0 radical (unpaired) electrons. The molecule has 3 N–H and O–H groups in total. The van der Waals surface area contributed by atoms with E-state index in [1.54, 1.807) is 18.2 Å². The molecule has 0 saturated carbocycles. The zero-order valence-electron chi connectivity index (χ0n) is 13.5. The van der Waals surface area contributed by atoms with Gasteiger partial charge >= 0.3 is 6.03 Å². The average molecular weight is 326 g/mol. The average Bonchev–Trinajstić information content (AvgIpc) is 2.43. The third-order valence-corrected chi connectivity index (χ3v) is 3.95. The first kappa shape index (κ1) is 18.3. The number of halogens is 1. The van der Waals surface area contributed by atoms with E-state index in [1.165, 1.54) is 0 Å². The molecule has 1 aromatic rings. The van der Waals surface area contributed by atoms with E-state index in [1.807, 2.05) is 27.7 Å². The van der Waals surface area contributed by atoms with Crippen LogP contribution in [0, 0.1) is 12.8 Å². The Labute approximate surface area is 136 Å². The van der Waals surface area contributed by atoms with Gasteiger partial charge in [0.1, 0.15) is 0 Å². The summed E-state index contributed by atoms with van der Waals surface area (Å²) >= 11 is 6.00. The van der Waals surface area contributed by atoms with Crippen LogP contribution in [-0.4, -0.2) is 24.5 Å². The molecule has 0 aromatic heterocycles. The van der Waals surface area contributed by atoms with Crippen LogP contribution in [0.5, 0.6) is 0 Å². The first-order valence-corrected chi connectivity index (χ1v) is 7.78. The van der Waals surface area contributed by atoms with E-state index in [2.05, 4.69) is 16.0 Å². The first-order chi connectivity index (χ1) is 10.3. The molecular formula is C16H24ClN3O2. The van der Waals surface area contributed by atoms with Gasteiger partial charge < -0.3 is 16.0 Å². The van der Waals surface area contributed by atoms with E-state index in [0.717, 1.165) is 5.56 Å². The molecule has 0 aliphatic carbocycles. The number of urea groups is 1. The number of rotatable bonds is 6. The summed E-state index contributed by atoms with van der Waals surface area (Å²) in [5.74, 6) is 0.197. The summed E-state index contributed by atoms with van der Waals surface area (Å²) in [4.78, 5) is 23.5. The zero-order valence-corrected chi connectivity index (χ0v) is 14.3. The van der Waals surface area contributed by atoms with Gasteiger partial charge in [-0.15, -0.1) is 0 Å². The summed E-state index contributed by atoms with van der Waals surface area (Å²) in [5, 5.41) is 8.89. The Morgan fingerprint density at radius 1 is 1.23 bits per heavy atom. The Bertz CT molecular complexity index is 532. The summed E-state index contributed by atoms with van der Waals surface area (Å²) in [6.45, 7) is 8.13. The van der Waals surface area contributed by atoms with Crippen LogP contribution in [0.4, 0.5) is 10.5 Å². The molecule has 0 heterocycles. The summed E-state index contributed by atoms with van der Waals surface area (Å²) in [6, 6.07) is 5.18. The van der Waals surface area contributed by atoms with Crippen molar-refractivity contribution < 1.29 is 9.59 Å². The SMILES string of the molecule is Cc1c(Cl)cccc1NC(=O)CCNC(=O)NC(C)C(C)C. The molecule has 6 heteroatoms. The fourth-order valence-electron chi connectivity index (χ4n) is 1.67. The maximum absolute atomic E-state index is 11.9. The minimum atomic E-state index is -0.257. The second-order valence-corrected chi connectivity index (χ2v) is 6.05. The minimum Gasteiger partial charge on any atom is -0.338 e. The molecule has 1 aromatic carbocycles. The second kappa shape index (κ2) is 8.63. The Morgan fingerprint density at radius 3 is 2.55 bits per heavy atom. The van der Waals surface area contributed by atoms with E-state index < -0.39 is 0 Å². The smallest absolute Gasteiger partial charge is 0.315 e. The number of nitrogens with one attached hydrogen (secondary N) is 3. The molecule has 122 valence electrons. The van der Waals surface area contributed by atoms with Crippen molar-refractivity contribution in [2.75, 3.05) is 11.9 Å². The molecule has 0 aliphatic rings. The van der Waals surface area contributed by atoms with Gasteiger partial charge in [-0.2, -0.15) is 0 Å². The molecule has 0 spiro atoms. The fraction of sp³-hybridized carbons (Fsp3) is 0.500. The van der Waals surface area contributed by atoms with Gasteiger partial charge in [0.25, 0.3) is 0 Å². The summed E-state index contributed by atoms with van der Waals surface area (Å²) in [6.07, 6.45) is 0.204. The van der Waals surface area contributed by atoms with Crippen LogP contribution >= 0.6 is 11.6 Å². The van der Waals surface area contributed by atoms with Crippen molar-refractivity contribution in [1.82, 2.24) is 10.6 Å². The molecule has 0 aliphatic heterocycles. The predicted octanol–water partition coefficient (Wildman–Crippen LogP) is 3.32. The van der Waals surface area contributed by atoms with E-state index >= 15 is 0 Å². The number of hydrogen-bond acceptors (Lipinski definition) is 2. The number of carbonyl (C=O) groups excluding carboxylic acids is 2. The third-order valence-electron chi connectivity index (χ3n) is 3.54. The fourth-order valence-corrected chi connectivity index (χ4v) is 1.84. The summed E-state index contributed by atoms with van der Waals surface area (Å²) < 4.78 is 0. The highest BCUT2D eigenvalue weighted by atomic mass is 35.5. The highest BCUT2D eigenvalue weighted by Gasteiger charge is 2.11. The maximum atomic E-state index is 11.9. The lowest BCUT2D eigenvalue weighted by Gasteiger charge is -2.17. The van der Waals surface area contributed by atoms with Gasteiger partial charge in [0.2, 0.25) is 5.91 Å². The number of hydrogen-bond donors (Lipinski definition) is 3. The molecule has 0 saturated heterocycles. The van der Waals surface area contributed by atoms with Crippen LogP contribution in [0.2, 0.25) is 5.02 Å². The van der Waals surface area contributed by atoms with Gasteiger partial charge in [0.15, 0.2) is 0 Å². The topological polar surface area (TPSA) is 70.2 Å². The molecule has 22 heavy (non-hydrogen) atoms. The van der Waals surface area contributed by atoms with Gasteiger partial charge in [-0.25, -0.2) is 4.79 Å². The van der Waals surface area contributed by atoms with Gasteiger partial charge in [-0.05, 0) is 37.5 Å². The van der Waals surface area contributed by atoms with E-state index in [0.29, 0.717) is 16.6 Å². The van der Waals surface area contributed by atoms with Crippen molar-refractivity contribution in [3.63, 3.8) is 0 Å². The van der Waals surface area contributed by atoms with E-state index in [-0.39, 0.29) is 30.9 Å². The first-order valence-electron chi connectivity index (χ1n) is 7.40. The highest BCUT2D eigenvalue weighted by Crippen LogP contribution is 2.22. The third kappa shape index (κ3) is 5.93.